The summed E-state index contributed by atoms with van der Waals surface area (Å²) in [5.74, 6) is 0.0872. The molecule has 2 saturated heterocycles. The molecule has 0 aromatic carbocycles. The van der Waals surface area contributed by atoms with Crippen LogP contribution in [0.3, 0.4) is 0 Å². The van der Waals surface area contributed by atoms with Gasteiger partial charge in [-0.3, -0.25) is 9.69 Å². The molecule has 0 bridgehead atoms. The van der Waals surface area contributed by atoms with Crippen LogP contribution in [0.15, 0.2) is 11.4 Å². The fourth-order valence-electron chi connectivity index (χ4n) is 2.83. The van der Waals surface area contributed by atoms with E-state index in [1.165, 1.54) is 17.8 Å². The number of thiophene rings is 1. The minimum atomic E-state index is 0.0872. The predicted octanol–water partition coefficient (Wildman–Crippen LogP) is 1.52. The van der Waals surface area contributed by atoms with Gasteiger partial charge in [0.2, 0.25) is 0 Å². The van der Waals surface area contributed by atoms with Crippen LogP contribution in [0.25, 0.3) is 0 Å². The maximum Gasteiger partial charge on any atom is 0.265 e. The Bertz CT molecular complexity index is 450. The molecule has 2 aliphatic heterocycles. The van der Waals surface area contributed by atoms with Gasteiger partial charge < -0.3 is 10.2 Å². The Morgan fingerprint density at radius 3 is 2.74 bits per heavy atom. The van der Waals surface area contributed by atoms with Gasteiger partial charge in [0.15, 0.2) is 0 Å². The Morgan fingerprint density at radius 1 is 1.37 bits per heavy atom. The number of amides is 1. The molecule has 1 amide bonds. The third kappa shape index (κ3) is 2.79. The lowest BCUT2D eigenvalue weighted by Crippen LogP contribution is -2.52. The molecule has 2 aliphatic rings. The SMILES string of the molecule is O=C(c1sccc1Cl)N1CCN(C2CCNC2)CC1. The molecule has 104 valence electrons. The fraction of sp³-hybridized carbons (Fsp3) is 0.615. The van der Waals surface area contributed by atoms with E-state index in [2.05, 4.69) is 10.2 Å². The van der Waals surface area contributed by atoms with Crippen LogP contribution in [0, 0.1) is 0 Å². The number of rotatable bonds is 2. The molecule has 19 heavy (non-hydrogen) atoms. The van der Waals surface area contributed by atoms with Crippen LogP contribution in [0.5, 0.6) is 0 Å². The van der Waals surface area contributed by atoms with Gasteiger partial charge >= 0.3 is 0 Å². The highest BCUT2D eigenvalue weighted by atomic mass is 35.5. The van der Waals surface area contributed by atoms with Crippen LogP contribution in [-0.2, 0) is 0 Å². The van der Waals surface area contributed by atoms with Crippen molar-refractivity contribution in [2.45, 2.75) is 12.5 Å². The lowest BCUT2D eigenvalue weighted by molar-refractivity contribution is 0.0588. The van der Waals surface area contributed by atoms with Crippen LogP contribution >= 0.6 is 22.9 Å². The van der Waals surface area contributed by atoms with Crippen molar-refractivity contribution in [1.29, 1.82) is 0 Å². The van der Waals surface area contributed by atoms with E-state index in [4.69, 9.17) is 11.6 Å². The van der Waals surface area contributed by atoms with Crippen LogP contribution < -0.4 is 5.32 Å². The summed E-state index contributed by atoms with van der Waals surface area (Å²) < 4.78 is 0. The highest BCUT2D eigenvalue weighted by Crippen LogP contribution is 2.24. The first-order valence-corrected chi connectivity index (χ1v) is 7.98. The monoisotopic (exact) mass is 299 g/mol. The predicted molar refractivity (Wildman–Crippen MR) is 78.1 cm³/mol. The molecule has 1 unspecified atom stereocenters. The minimum absolute atomic E-state index is 0.0872. The minimum Gasteiger partial charge on any atom is -0.335 e. The Labute approximate surface area is 122 Å². The molecule has 0 aliphatic carbocycles. The summed E-state index contributed by atoms with van der Waals surface area (Å²) in [5.41, 5.74) is 0. The summed E-state index contributed by atoms with van der Waals surface area (Å²) in [4.78, 5) is 17.4. The quantitative estimate of drug-likeness (QED) is 0.899. The molecule has 1 N–H and O–H groups in total. The van der Waals surface area contributed by atoms with E-state index in [0.29, 0.717) is 15.9 Å². The normalized spacial score (nSPS) is 24.9. The topological polar surface area (TPSA) is 35.6 Å². The number of hydrogen-bond acceptors (Lipinski definition) is 4. The van der Waals surface area contributed by atoms with E-state index in [1.807, 2.05) is 10.3 Å². The summed E-state index contributed by atoms with van der Waals surface area (Å²) in [5, 5.41) is 5.85. The number of carbonyl (C=O) groups excluding carboxylic acids is 1. The van der Waals surface area contributed by atoms with Crippen molar-refractivity contribution in [2.75, 3.05) is 39.3 Å². The Hall–Kier alpha value is -0.620. The van der Waals surface area contributed by atoms with Crippen molar-refractivity contribution in [3.05, 3.63) is 21.3 Å². The van der Waals surface area contributed by atoms with E-state index < -0.39 is 0 Å². The molecule has 4 nitrogen and oxygen atoms in total. The van der Waals surface area contributed by atoms with Crippen LogP contribution in [-0.4, -0.2) is 61.0 Å². The molecule has 6 heteroatoms. The zero-order chi connectivity index (χ0) is 13.2. The van der Waals surface area contributed by atoms with Crippen molar-refractivity contribution in [3.63, 3.8) is 0 Å². The Balaban J connectivity index is 1.58. The average Bonchev–Trinajstić information content (AvgIpc) is 3.09. The standard InChI is InChI=1S/C13H18ClN3OS/c14-11-2-8-19-12(11)13(18)17-6-4-16(5-7-17)10-1-3-15-9-10/h2,8,10,15H,1,3-7,9H2. The third-order valence-electron chi connectivity index (χ3n) is 3.96. The first kappa shape index (κ1) is 13.4. The first-order valence-electron chi connectivity index (χ1n) is 6.73. The largest absolute Gasteiger partial charge is 0.335 e. The Kier molecular flexibility index (Phi) is 4.07. The van der Waals surface area contributed by atoms with E-state index in [0.717, 1.165) is 39.3 Å². The summed E-state index contributed by atoms with van der Waals surface area (Å²) in [6.45, 7) is 5.77. The first-order chi connectivity index (χ1) is 9.25. The fourth-order valence-corrected chi connectivity index (χ4v) is 3.93. The number of halogens is 1. The van der Waals surface area contributed by atoms with Gasteiger partial charge in [0.1, 0.15) is 4.88 Å². The van der Waals surface area contributed by atoms with E-state index in [9.17, 15) is 4.79 Å². The molecule has 2 fully saturated rings. The molecule has 3 rings (SSSR count). The molecule has 0 radical (unpaired) electrons. The molecule has 0 spiro atoms. The van der Waals surface area contributed by atoms with Gasteiger partial charge in [-0.05, 0) is 24.4 Å². The summed E-state index contributed by atoms with van der Waals surface area (Å²) in [6.07, 6.45) is 1.23. The molecule has 1 aromatic rings. The maximum atomic E-state index is 12.3. The second-order valence-corrected chi connectivity index (χ2v) is 6.40. The van der Waals surface area contributed by atoms with E-state index in [-0.39, 0.29) is 5.91 Å². The molecule has 3 heterocycles. The zero-order valence-electron chi connectivity index (χ0n) is 10.8. The lowest BCUT2D eigenvalue weighted by Gasteiger charge is -2.37. The summed E-state index contributed by atoms with van der Waals surface area (Å²) in [6, 6.07) is 2.45. The third-order valence-corrected chi connectivity index (χ3v) is 5.29. The van der Waals surface area contributed by atoms with Gasteiger partial charge in [-0.15, -0.1) is 11.3 Å². The lowest BCUT2D eigenvalue weighted by atomic mass is 10.2. The van der Waals surface area contributed by atoms with Crippen molar-refractivity contribution < 1.29 is 4.79 Å². The number of nitrogens with one attached hydrogen (secondary N) is 1. The van der Waals surface area contributed by atoms with Crippen molar-refractivity contribution in [2.24, 2.45) is 0 Å². The molecular formula is C13H18ClN3OS. The molecule has 1 aromatic heterocycles. The summed E-state index contributed by atoms with van der Waals surface area (Å²) in [7, 11) is 0. The smallest absolute Gasteiger partial charge is 0.265 e. The van der Waals surface area contributed by atoms with Gasteiger partial charge in [0, 0.05) is 38.8 Å². The average molecular weight is 300 g/mol. The number of nitrogens with zero attached hydrogens (tertiary/aromatic N) is 2. The maximum absolute atomic E-state index is 12.3. The van der Waals surface area contributed by atoms with Gasteiger partial charge in [-0.25, -0.2) is 0 Å². The summed E-state index contributed by atoms with van der Waals surface area (Å²) >= 11 is 7.46. The van der Waals surface area contributed by atoms with E-state index >= 15 is 0 Å². The number of piperazine rings is 1. The molecular weight excluding hydrogens is 282 g/mol. The van der Waals surface area contributed by atoms with Crippen molar-refractivity contribution in [3.8, 4) is 0 Å². The van der Waals surface area contributed by atoms with Gasteiger partial charge in [0.25, 0.3) is 5.91 Å². The van der Waals surface area contributed by atoms with Gasteiger partial charge in [-0.1, -0.05) is 11.6 Å². The highest BCUT2D eigenvalue weighted by molar-refractivity contribution is 7.12. The molecule has 1 atom stereocenters. The van der Waals surface area contributed by atoms with Crippen molar-refractivity contribution in [1.82, 2.24) is 15.1 Å². The van der Waals surface area contributed by atoms with Gasteiger partial charge in [0.05, 0.1) is 5.02 Å². The second-order valence-electron chi connectivity index (χ2n) is 5.07. The van der Waals surface area contributed by atoms with E-state index in [1.54, 1.807) is 6.07 Å². The Morgan fingerprint density at radius 2 is 2.16 bits per heavy atom. The van der Waals surface area contributed by atoms with Crippen LogP contribution in [0.2, 0.25) is 5.02 Å². The van der Waals surface area contributed by atoms with Crippen LogP contribution in [0.1, 0.15) is 16.1 Å². The van der Waals surface area contributed by atoms with Crippen LogP contribution in [0.4, 0.5) is 0 Å². The number of carbonyl (C=O) groups is 1. The zero-order valence-corrected chi connectivity index (χ0v) is 12.3. The van der Waals surface area contributed by atoms with Crippen molar-refractivity contribution >= 4 is 28.8 Å². The van der Waals surface area contributed by atoms with Gasteiger partial charge in [-0.2, -0.15) is 0 Å². The highest BCUT2D eigenvalue weighted by Gasteiger charge is 2.29. The number of hydrogen-bond donors (Lipinski definition) is 1. The molecule has 0 saturated carbocycles. The second kappa shape index (κ2) is 5.79.